The molecule has 0 spiro atoms. The van der Waals surface area contributed by atoms with Gasteiger partial charge in [0, 0.05) is 23.0 Å². The van der Waals surface area contributed by atoms with Crippen LogP contribution in [0, 0.1) is 0 Å². The van der Waals surface area contributed by atoms with E-state index in [0.717, 1.165) is 11.4 Å². The van der Waals surface area contributed by atoms with Gasteiger partial charge in [-0.1, -0.05) is 30.3 Å². The Hall–Kier alpha value is -3.47. The smallest absolute Gasteiger partial charge is 0.255 e. The third-order valence-corrected chi connectivity index (χ3v) is 4.63. The number of carbonyl (C=O) groups excluding carboxylic acids is 1. The lowest BCUT2D eigenvalue weighted by Crippen LogP contribution is -2.17. The summed E-state index contributed by atoms with van der Waals surface area (Å²) in [5, 5.41) is 6.38. The fourth-order valence-corrected chi connectivity index (χ4v) is 3.11. The van der Waals surface area contributed by atoms with Crippen molar-refractivity contribution >= 4 is 17.3 Å². The van der Waals surface area contributed by atoms with E-state index in [1.54, 1.807) is 18.2 Å². The van der Waals surface area contributed by atoms with Gasteiger partial charge in [-0.3, -0.25) is 4.79 Å². The van der Waals surface area contributed by atoms with Crippen LogP contribution in [0.25, 0.3) is 0 Å². The molecule has 3 aromatic rings. The number of anilines is 2. The zero-order chi connectivity index (χ0) is 19.3. The monoisotopic (exact) mass is 374 g/mol. The van der Waals surface area contributed by atoms with Crippen LogP contribution in [-0.2, 0) is 0 Å². The van der Waals surface area contributed by atoms with Gasteiger partial charge in [-0.05, 0) is 55.0 Å². The molecule has 0 aliphatic carbocycles. The van der Waals surface area contributed by atoms with Crippen molar-refractivity contribution in [1.29, 1.82) is 0 Å². The number of nitrogens with one attached hydrogen (secondary N) is 2. The summed E-state index contributed by atoms with van der Waals surface area (Å²) in [5.74, 6) is 1.09. The molecule has 0 aromatic heterocycles. The highest BCUT2D eigenvalue weighted by Crippen LogP contribution is 2.31. The number of carbonyl (C=O) groups is 1. The summed E-state index contributed by atoms with van der Waals surface area (Å²) in [4.78, 5) is 12.5. The summed E-state index contributed by atoms with van der Waals surface area (Å²) in [6.45, 7) is 3.14. The highest BCUT2D eigenvalue weighted by Gasteiger charge is 2.15. The summed E-state index contributed by atoms with van der Waals surface area (Å²) in [7, 11) is 0. The Labute approximate surface area is 164 Å². The first kappa shape index (κ1) is 17.9. The van der Waals surface area contributed by atoms with E-state index in [1.807, 2.05) is 42.5 Å². The van der Waals surface area contributed by atoms with Crippen LogP contribution in [0.4, 0.5) is 11.4 Å². The second kappa shape index (κ2) is 8.05. The molecule has 1 heterocycles. The van der Waals surface area contributed by atoms with Gasteiger partial charge in [0.15, 0.2) is 11.5 Å². The first-order chi connectivity index (χ1) is 13.7. The quantitative estimate of drug-likeness (QED) is 0.668. The maximum absolute atomic E-state index is 12.5. The molecule has 3 aromatic carbocycles. The molecular weight excluding hydrogens is 352 g/mol. The largest absolute Gasteiger partial charge is 0.486 e. The Morgan fingerprint density at radius 3 is 2.29 bits per heavy atom. The van der Waals surface area contributed by atoms with Crippen molar-refractivity contribution in [1.82, 2.24) is 0 Å². The molecule has 2 N–H and O–H groups in total. The predicted molar refractivity (Wildman–Crippen MR) is 110 cm³/mol. The lowest BCUT2D eigenvalue weighted by atomic mass is 10.1. The van der Waals surface area contributed by atoms with Crippen molar-refractivity contribution in [2.24, 2.45) is 0 Å². The van der Waals surface area contributed by atoms with E-state index in [1.165, 1.54) is 5.56 Å². The minimum absolute atomic E-state index is 0.185. The number of hydrogen-bond acceptors (Lipinski definition) is 4. The van der Waals surface area contributed by atoms with E-state index in [-0.39, 0.29) is 11.9 Å². The third-order valence-electron chi connectivity index (χ3n) is 4.63. The Morgan fingerprint density at radius 2 is 1.54 bits per heavy atom. The molecule has 0 saturated carbocycles. The van der Waals surface area contributed by atoms with E-state index in [2.05, 4.69) is 29.7 Å². The molecule has 0 radical (unpaired) electrons. The molecule has 1 amide bonds. The van der Waals surface area contributed by atoms with Crippen LogP contribution in [0.1, 0.15) is 28.9 Å². The second-order valence-electron chi connectivity index (χ2n) is 6.67. The van der Waals surface area contributed by atoms with Crippen LogP contribution >= 0.6 is 0 Å². The zero-order valence-corrected chi connectivity index (χ0v) is 15.6. The van der Waals surface area contributed by atoms with Gasteiger partial charge in [-0.2, -0.15) is 0 Å². The van der Waals surface area contributed by atoms with E-state index in [0.29, 0.717) is 30.3 Å². The van der Waals surface area contributed by atoms with Crippen molar-refractivity contribution in [2.75, 3.05) is 23.8 Å². The summed E-state index contributed by atoms with van der Waals surface area (Å²) in [5.41, 5.74) is 3.48. The number of amides is 1. The molecule has 1 aliphatic rings. The summed E-state index contributed by atoms with van der Waals surface area (Å²) < 4.78 is 11.0. The van der Waals surface area contributed by atoms with Gasteiger partial charge < -0.3 is 20.1 Å². The third kappa shape index (κ3) is 4.09. The molecule has 142 valence electrons. The topological polar surface area (TPSA) is 59.6 Å². The maximum atomic E-state index is 12.5. The molecule has 4 rings (SSSR count). The minimum atomic E-state index is -0.185. The molecule has 5 nitrogen and oxygen atoms in total. The molecule has 1 atom stereocenters. The number of hydrogen-bond donors (Lipinski definition) is 2. The molecule has 0 saturated heterocycles. The SMILES string of the molecule is CC(Nc1ccc(NC(=O)c2ccc3c(c2)OCCO3)cc1)c1ccccc1. The van der Waals surface area contributed by atoms with E-state index in [9.17, 15) is 4.79 Å². The van der Waals surface area contributed by atoms with Gasteiger partial charge in [0.2, 0.25) is 0 Å². The summed E-state index contributed by atoms with van der Waals surface area (Å²) in [6, 6.07) is 23.4. The van der Waals surface area contributed by atoms with Gasteiger partial charge in [0.25, 0.3) is 5.91 Å². The van der Waals surface area contributed by atoms with E-state index >= 15 is 0 Å². The van der Waals surface area contributed by atoms with Crippen LogP contribution < -0.4 is 20.1 Å². The Balaban J connectivity index is 1.39. The first-order valence-corrected chi connectivity index (χ1v) is 9.31. The number of ether oxygens (including phenoxy) is 2. The fourth-order valence-electron chi connectivity index (χ4n) is 3.11. The maximum Gasteiger partial charge on any atom is 0.255 e. The lowest BCUT2D eigenvalue weighted by Gasteiger charge is -2.18. The first-order valence-electron chi connectivity index (χ1n) is 9.31. The van der Waals surface area contributed by atoms with Crippen molar-refractivity contribution < 1.29 is 14.3 Å². The zero-order valence-electron chi connectivity index (χ0n) is 15.6. The standard InChI is InChI=1S/C23H22N2O3/c1-16(17-5-3-2-4-6-17)24-19-8-10-20(11-9-19)25-23(26)18-7-12-21-22(15-18)28-14-13-27-21/h2-12,15-16,24H,13-14H2,1H3,(H,25,26). The average Bonchev–Trinajstić information content (AvgIpc) is 2.75. The van der Waals surface area contributed by atoms with Crippen molar-refractivity contribution in [3.63, 3.8) is 0 Å². The highest BCUT2D eigenvalue weighted by atomic mass is 16.6. The Bertz CT molecular complexity index is 955. The number of rotatable bonds is 5. The van der Waals surface area contributed by atoms with Crippen LogP contribution in [0.15, 0.2) is 72.8 Å². The van der Waals surface area contributed by atoms with Gasteiger partial charge in [0.1, 0.15) is 13.2 Å². The van der Waals surface area contributed by atoms with Gasteiger partial charge >= 0.3 is 0 Å². The fraction of sp³-hybridized carbons (Fsp3) is 0.174. The second-order valence-corrected chi connectivity index (χ2v) is 6.67. The van der Waals surface area contributed by atoms with Crippen molar-refractivity contribution in [3.8, 4) is 11.5 Å². The number of fused-ring (bicyclic) bond motifs is 1. The number of benzene rings is 3. The van der Waals surface area contributed by atoms with Crippen LogP contribution in [0.5, 0.6) is 11.5 Å². The Morgan fingerprint density at radius 1 is 0.857 bits per heavy atom. The van der Waals surface area contributed by atoms with Gasteiger partial charge in [-0.15, -0.1) is 0 Å². The molecule has 0 fully saturated rings. The average molecular weight is 374 g/mol. The Kier molecular flexibility index (Phi) is 5.15. The molecule has 5 heteroatoms. The molecule has 0 bridgehead atoms. The lowest BCUT2D eigenvalue weighted by molar-refractivity contribution is 0.102. The summed E-state index contributed by atoms with van der Waals surface area (Å²) >= 11 is 0. The predicted octanol–water partition coefficient (Wildman–Crippen LogP) is 4.88. The molecule has 1 unspecified atom stereocenters. The van der Waals surface area contributed by atoms with Gasteiger partial charge in [0.05, 0.1) is 0 Å². The summed E-state index contributed by atoms with van der Waals surface area (Å²) in [6.07, 6.45) is 0. The highest BCUT2D eigenvalue weighted by molar-refractivity contribution is 6.04. The minimum Gasteiger partial charge on any atom is -0.486 e. The molecule has 1 aliphatic heterocycles. The molecular formula is C23H22N2O3. The van der Waals surface area contributed by atoms with Crippen LogP contribution in [0.2, 0.25) is 0 Å². The van der Waals surface area contributed by atoms with E-state index in [4.69, 9.17) is 9.47 Å². The van der Waals surface area contributed by atoms with Crippen LogP contribution in [0.3, 0.4) is 0 Å². The van der Waals surface area contributed by atoms with Crippen molar-refractivity contribution in [2.45, 2.75) is 13.0 Å². The normalized spacial score (nSPS) is 13.5. The van der Waals surface area contributed by atoms with Gasteiger partial charge in [-0.25, -0.2) is 0 Å². The molecule has 28 heavy (non-hydrogen) atoms. The van der Waals surface area contributed by atoms with Crippen LogP contribution in [-0.4, -0.2) is 19.1 Å². The van der Waals surface area contributed by atoms with Crippen molar-refractivity contribution in [3.05, 3.63) is 83.9 Å². The van der Waals surface area contributed by atoms with E-state index < -0.39 is 0 Å².